The summed E-state index contributed by atoms with van der Waals surface area (Å²) in [6.45, 7) is 4.98. The van der Waals surface area contributed by atoms with Crippen LogP contribution in [-0.2, 0) is 0 Å². The van der Waals surface area contributed by atoms with Crippen molar-refractivity contribution in [1.82, 2.24) is 25.1 Å². The van der Waals surface area contributed by atoms with E-state index in [9.17, 15) is 4.79 Å². The Hall–Kier alpha value is -1.53. The van der Waals surface area contributed by atoms with Crippen molar-refractivity contribution >= 4 is 5.91 Å². The Kier molecular flexibility index (Phi) is 5.56. The van der Waals surface area contributed by atoms with Crippen LogP contribution in [0, 0.1) is 0 Å². The van der Waals surface area contributed by atoms with Gasteiger partial charge >= 0.3 is 0 Å². The molecule has 2 aliphatic heterocycles. The minimum absolute atomic E-state index is 0.114. The molecule has 0 spiro atoms. The topological polar surface area (TPSA) is 61.4 Å². The maximum Gasteiger partial charge on any atom is 0.271 e. The Bertz CT molecular complexity index is 529. The average Bonchev–Trinajstić information content (AvgIpc) is 3.02. The third-order valence-corrected chi connectivity index (χ3v) is 4.91. The van der Waals surface area contributed by atoms with Gasteiger partial charge in [0.05, 0.1) is 24.1 Å². The summed E-state index contributed by atoms with van der Waals surface area (Å²) in [4.78, 5) is 25.7. The van der Waals surface area contributed by atoms with Crippen LogP contribution in [0.5, 0.6) is 0 Å². The molecule has 2 fully saturated rings. The molecule has 2 aliphatic rings. The highest BCUT2D eigenvalue weighted by atomic mass is 16.1. The van der Waals surface area contributed by atoms with Crippen molar-refractivity contribution in [3.63, 3.8) is 0 Å². The second kappa shape index (κ2) is 7.84. The highest BCUT2D eigenvalue weighted by molar-refractivity contribution is 5.91. The van der Waals surface area contributed by atoms with Crippen LogP contribution in [0.25, 0.3) is 0 Å². The van der Waals surface area contributed by atoms with Gasteiger partial charge in [-0.3, -0.25) is 14.7 Å². The van der Waals surface area contributed by atoms with E-state index < -0.39 is 0 Å². The minimum Gasteiger partial charge on any atom is -0.349 e. The van der Waals surface area contributed by atoms with E-state index >= 15 is 0 Å². The van der Waals surface area contributed by atoms with E-state index in [4.69, 9.17) is 0 Å². The van der Waals surface area contributed by atoms with E-state index in [2.05, 4.69) is 32.1 Å². The van der Waals surface area contributed by atoms with Crippen molar-refractivity contribution in [2.45, 2.75) is 38.1 Å². The lowest BCUT2D eigenvalue weighted by molar-refractivity contribution is 0.0940. The van der Waals surface area contributed by atoms with Crippen LogP contribution in [0.2, 0.25) is 0 Å². The van der Waals surface area contributed by atoms with Gasteiger partial charge in [0, 0.05) is 13.1 Å². The van der Waals surface area contributed by atoms with Gasteiger partial charge in [0.15, 0.2) is 0 Å². The molecule has 6 heteroatoms. The molecule has 1 aromatic rings. The summed E-state index contributed by atoms with van der Waals surface area (Å²) < 4.78 is 0. The largest absolute Gasteiger partial charge is 0.349 e. The van der Waals surface area contributed by atoms with Crippen LogP contribution < -0.4 is 5.32 Å². The van der Waals surface area contributed by atoms with E-state index in [1.54, 1.807) is 12.4 Å². The van der Waals surface area contributed by atoms with Crippen molar-refractivity contribution < 1.29 is 4.79 Å². The van der Waals surface area contributed by atoms with Crippen molar-refractivity contribution in [2.75, 3.05) is 39.8 Å². The molecule has 0 bridgehead atoms. The molecule has 0 unspecified atom stereocenters. The summed E-state index contributed by atoms with van der Waals surface area (Å²) >= 11 is 0. The van der Waals surface area contributed by atoms with E-state index in [0.717, 1.165) is 38.3 Å². The van der Waals surface area contributed by atoms with Crippen LogP contribution in [0.1, 0.15) is 54.3 Å². The van der Waals surface area contributed by atoms with Gasteiger partial charge in [-0.05, 0) is 52.4 Å². The lowest BCUT2D eigenvalue weighted by Crippen LogP contribution is -2.38. The molecular formula is C17H27N5O. The molecule has 0 aliphatic carbocycles. The first-order valence-corrected chi connectivity index (χ1v) is 8.77. The molecule has 0 radical (unpaired) electrons. The number of likely N-dealkylation sites (tertiary alicyclic amines) is 2. The quantitative estimate of drug-likeness (QED) is 0.891. The van der Waals surface area contributed by atoms with Gasteiger partial charge in [0.1, 0.15) is 5.69 Å². The molecule has 23 heavy (non-hydrogen) atoms. The fourth-order valence-electron chi connectivity index (χ4n) is 3.54. The third-order valence-electron chi connectivity index (χ3n) is 4.91. The van der Waals surface area contributed by atoms with Gasteiger partial charge < -0.3 is 10.2 Å². The van der Waals surface area contributed by atoms with Crippen LogP contribution in [0.15, 0.2) is 12.4 Å². The standard InChI is InChI=1S/C17H27N5O/c1-21-8-5-6-16(21)14-12-18-13-15(20-14)17(23)19-7-11-22-9-3-2-4-10-22/h12-13,16H,2-11H2,1H3,(H,19,23)/t16-/m0/s1. The molecule has 1 atom stereocenters. The maximum atomic E-state index is 12.3. The Labute approximate surface area is 138 Å². The lowest BCUT2D eigenvalue weighted by atomic mass is 10.1. The van der Waals surface area contributed by atoms with E-state index in [-0.39, 0.29) is 5.91 Å². The monoisotopic (exact) mass is 317 g/mol. The first-order chi connectivity index (χ1) is 11.2. The fraction of sp³-hybridized carbons (Fsp3) is 0.706. The van der Waals surface area contributed by atoms with Gasteiger partial charge in [0.2, 0.25) is 0 Å². The molecular weight excluding hydrogens is 290 g/mol. The molecule has 1 aromatic heterocycles. The average molecular weight is 317 g/mol. The van der Waals surface area contributed by atoms with E-state index in [0.29, 0.717) is 18.3 Å². The van der Waals surface area contributed by atoms with Gasteiger partial charge in [-0.15, -0.1) is 0 Å². The number of nitrogens with one attached hydrogen (secondary N) is 1. The number of carbonyl (C=O) groups is 1. The SMILES string of the molecule is CN1CCC[C@H]1c1cncc(C(=O)NCCN2CCCCC2)n1. The molecule has 1 N–H and O–H groups in total. The molecule has 3 rings (SSSR count). The first kappa shape index (κ1) is 16.3. The molecule has 3 heterocycles. The minimum atomic E-state index is -0.114. The Balaban J connectivity index is 1.52. The summed E-state index contributed by atoms with van der Waals surface area (Å²) in [5.41, 5.74) is 1.34. The summed E-state index contributed by atoms with van der Waals surface area (Å²) in [6.07, 6.45) is 9.50. The van der Waals surface area contributed by atoms with Gasteiger partial charge in [-0.2, -0.15) is 0 Å². The smallest absolute Gasteiger partial charge is 0.271 e. The van der Waals surface area contributed by atoms with Gasteiger partial charge in [-0.25, -0.2) is 4.98 Å². The Morgan fingerprint density at radius 3 is 2.78 bits per heavy atom. The number of aromatic nitrogens is 2. The maximum absolute atomic E-state index is 12.3. The molecule has 0 saturated carbocycles. The third kappa shape index (κ3) is 4.26. The zero-order chi connectivity index (χ0) is 16.1. The van der Waals surface area contributed by atoms with E-state index in [1.165, 1.54) is 25.7 Å². The molecule has 0 aromatic carbocycles. The highest BCUT2D eigenvalue weighted by Gasteiger charge is 2.24. The molecule has 126 valence electrons. The van der Waals surface area contributed by atoms with Crippen molar-refractivity contribution in [2.24, 2.45) is 0 Å². The number of rotatable bonds is 5. The second-order valence-corrected chi connectivity index (χ2v) is 6.63. The predicted octanol–water partition coefficient (Wildman–Crippen LogP) is 1.46. The van der Waals surface area contributed by atoms with Crippen molar-refractivity contribution in [1.29, 1.82) is 0 Å². The fourth-order valence-corrected chi connectivity index (χ4v) is 3.54. The van der Waals surface area contributed by atoms with Crippen LogP contribution >= 0.6 is 0 Å². The number of nitrogens with zero attached hydrogens (tertiary/aromatic N) is 4. The number of hydrogen-bond donors (Lipinski definition) is 1. The van der Waals surface area contributed by atoms with Gasteiger partial charge in [-0.1, -0.05) is 6.42 Å². The molecule has 2 saturated heterocycles. The van der Waals surface area contributed by atoms with Crippen LogP contribution in [0.4, 0.5) is 0 Å². The highest BCUT2D eigenvalue weighted by Crippen LogP contribution is 2.28. The summed E-state index contributed by atoms with van der Waals surface area (Å²) in [5.74, 6) is -0.114. The number of piperidine rings is 1. The Morgan fingerprint density at radius 2 is 2.04 bits per heavy atom. The number of carbonyl (C=O) groups excluding carboxylic acids is 1. The Morgan fingerprint density at radius 1 is 1.22 bits per heavy atom. The zero-order valence-corrected chi connectivity index (χ0v) is 14.0. The molecule has 6 nitrogen and oxygen atoms in total. The summed E-state index contributed by atoms with van der Waals surface area (Å²) in [5, 5.41) is 2.98. The van der Waals surface area contributed by atoms with E-state index in [1.807, 2.05) is 0 Å². The van der Waals surface area contributed by atoms with Crippen molar-refractivity contribution in [3.05, 3.63) is 23.8 Å². The number of amides is 1. The first-order valence-electron chi connectivity index (χ1n) is 8.77. The lowest BCUT2D eigenvalue weighted by Gasteiger charge is -2.26. The predicted molar refractivity (Wildman–Crippen MR) is 89.3 cm³/mol. The normalized spacial score (nSPS) is 23.1. The second-order valence-electron chi connectivity index (χ2n) is 6.63. The summed E-state index contributed by atoms with van der Waals surface area (Å²) in [7, 11) is 2.10. The van der Waals surface area contributed by atoms with Gasteiger partial charge in [0.25, 0.3) is 5.91 Å². The zero-order valence-electron chi connectivity index (χ0n) is 14.0. The van der Waals surface area contributed by atoms with Crippen molar-refractivity contribution in [3.8, 4) is 0 Å². The number of hydrogen-bond acceptors (Lipinski definition) is 5. The van der Waals surface area contributed by atoms with Crippen LogP contribution in [0.3, 0.4) is 0 Å². The van der Waals surface area contributed by atoms with Crippen LogP contribution in [-0.4, -0.2) is 65.4 Å². The summed E-state index contributed by atoms with van der Waals surface area (Å²) in [6, 6.07) is 0.295. The molecule has 1 amide bonds.